The molecule has 0 aliphatic heterocycles. The van der Waals surface area contributed by atoms with Crippen LogP contribution in [0.25, 0.3) is 0 Å². The molecule has 4 heteroatoms. The van der Waals surface area contributed by atoms with E-state index in [1.807, 2.05) is 0 Å². The van der Waals surface area contributed by atoms with Gasteiger partial charge in [0.1, 0.15) is 0 Å². The first-order valence-corrected chi connectivity index (χ1v) is 4.23. The van der Waals surface area contributed by atoms with Crippen LogP contribution in [0.3, 0.4) is 0 Å². The highest BCUT2D eigenvalue weighted by Crippen LogP contribution is 2.46. The SMILES string of the molecule is C=CC(O)C(CC)(CC)C(F)(F)F. The maximum absolute atomic E-state index is 12.6. The molecule has 1 nitrogen and oxygen atoms in total. The molecule has 0 aromatic heterocycles. The van der Waals surface area contributed by atoms with Crippen LogP contribution in [0.1, 0.15) is 26.7 Å². The van der Waals surface area contributed by atoms with Crippen molar-refractivity contribution in [2.45, 2.75) is 39.0 Å². The average Bonchev–Trinajstić information content (AvgIpc) is 2.04. The van der Waals surface area contributed by atoms with Gasteiger partial charge in [0.05, 0.1) is 11.5 Å². The molecule has 0 aliphatic carbocycles. The highest BCUT2D eigenvalue weighted by molar-refractivity contribution is 4.98. The van der Waals surface area contributed by atoms with E-state index in [1.165, 1.54) is 13.8 Å². The quantitative estimate of drug-likeness (QED) is 0.685. The van der Waals surface area contributed by atoms with Gasteiger partial charge in [0.25, 0.3) is 0 Å². The van der Waals surface area contributed by atoms with Gasteiger partial charge in [0.15, 0.2) is 0 Å². The van der Waals surface area contributed by atoms with Gasteiger partial charge >= 0.3 is 6.18 Å². The molecule has 78 valence electrons. The lowest BCUT2D eigenvalue weighted by Gasteiger charge is -2.36. The van der Waals surface area contributed by atoms with Gasteiger partial charge in [-0.05, 0) is 12.8 Å². The summed E-state index contributed by atoms with van der Waals surface area (Å²) in [5.74, 6) is 0. The lowest BCUT2D eigenvalue weighted by Crippen LogP contribution is -2.45. The minimum Gasteiger partial charge on any atom is -0.388 e. The third kappa shape index (κ3) is 2.05. The van der Waals surface area contributed by atoms with E-state index in [0.717, 1.165) is 6.08 Å². The maximum atomic E-state index is 12.6. The molecule has 1 N–H and O–H groups in total. The van der Waals surface area contributed by atoms with Gasteiger partial charge in [-0.2, -0.15) is 13.2 Å². The average molecular weight is 196 g/mol. The second-order valence-electron chi connectivity index (χ2n) is 3.04. The van der Waals surface area contributed by atoms with E-state index in [4.69, 9.17) is 0 Å². The Morgan fingerprint density at radius 3 is 1.77 bits per heavy atom. The summed E-state index contributed by atoms with van der Waals surface area (Å²) < 4.78 is 37.8. The molecule has 0 radical (unpaired) electrons. The Labute approximate surface area is 76.3 Å². The van der Waals surface area contributed by atoms with Crippen LogP contribution in [-0.4, -0.2) is 17.4 Å². The van der Waals surface area contributed by atoms with Gasteiger partial charge < -0.3 is 5.11 Å². The van der Waals surface area contributed by atoms with E-state index < -0.39 is 17.7 Å². The van der Waals surface area contributed by atoms with Gasteiger partial charge in [-0.1, -0.05) is 19.9 Å². The van der Waals surface area contributed by atoms with E-state index in [-0.39, 0.29) is 12.8 Å². The van der Waals surface area contributed by atoms with E-state index >= 15 is 0 Å². The predicted molar refractivity (Wildman–Crippen MR) is 45.3 cm³/mol. The Bertz CT molecular complexity index is 170. The minimum absolute atomic E-state index is 0.139. The monoisotopic (exact) mass is 196 g/mol. The fourth-order valence-corrected chi connectivity index (χ4v) is 1.46. The normalized spacial score (nSPS) is 15.5. The first-order valence-electron chi connectivity index (χ1n) is 4.23. The molecule has 0 amide bonds. The summed E-state index contributed by atoms with van der Waals surface area (Å²) in [5.41, 5.74) is -2.03. The van der Waals surface area contributed by atoms with Gasteiger partial charge in [-0.15, -0.1) is 6.58 Å². The van der Waals surface area contributed by atoms with Crippen molar-refractivity contribution >= 4 is 0 Å². The van der Waals surface area contributed by atoms with Crippen molar-refractivity contribution in [1.29, 1.82) is 0 Å². The second kappa shape index (κ2) is 4.13. The van der Waals surface area contributed by atoms with Crippen molar-refractivity contribution < 1.29 is 18.3 Å². The Morgan fingerprint density at radius 2 is 1.69 bits per heavy atom. The van der Waals surface area contributed by atoms with Crippen LogP contribution in [0.4, 0.5) is 13.2 Å². The van der Waals surface area contributed by atoms with Crippen LogP contribution in [-0.2, 0) is 0 Å². The topological polar surface area (TPSA) is 20.2 Å². The zero-order valence-electron chi connectivity index (χ0n) is 7.86. The molecule has 0 bridgehead atoms. The third-order valence-corrected chi connectivity index (χ3v) is 2.62. The summed E-state index contributed by atoms with van der Waals surface area (Å²) >= 11 is 0. The lowest BCUT2D eigenvalue weighted by molar-refractivity contribution is -0.250. The van der Waals surface area contributed by atoms with Crippen LogP contribution >= 0.6 is 0 Å². The van der Waals surface area contributed by atoms with Gasteiger partial charge in [-0.25, -0.2) is 0 Å². The first kappa shape index (κ1) is 12.5. The van der Waals surface area contributed by atoms with Crippen molar-refractivity contribution in [2.24, 2.45) is 5.41 Å². The van der Waals surface area contributed by atoms with E-state index in [1.54, 1.807) is 0 Å². The molecule has 0 rings (SSSR count). The molecule has 0 aromatic rings. The van der Waals surface area contributed by atoms with E-state index in [0.29, 0.717) is 0 Å². The highest BCUT2D eigenvalue weighted by Gasteiger charge is 2.55. The molecular formula is C9H15F3O. The zero-order chi connectivity index (χ0) is 10.7. The van der Waals surface area contributed by atoms with Crippen LogP contribution < -0.4 is 0 Å². The molecule has 13 heavy (non-hydrogen) atoms. The number of aliphatic hydroxyl groups is 1. The molecular weight excluding hydrogens is 181 g/mol. The van der Waals surface area contributed by atoms with Gasteiger partial charge in [0.2, 0.25) is 0 Å². The molecule has 0 fully saturated rings. The number of rotatable bonds is 4. The Balaban J connectivity index is 5.02. The Hall–Kier alpha value is -0.510. The maximum Gasteiger partial charge on any atom is 0.397 e. The number of alkyl halides is 3. The van der Waals surface area contributed by atoms with Crippen LogP contribution in [0.5, 0.6) is 0 Å². The predicted octanol–water partition coefficient (Wildman–Crippen LogP) is 2.90. The van der Waals surface area contributed by atoms with E-state index in [2.05, 4.69) is 6.58 Å². The summed E-state index contributed by atoms with van der Waals surface area (Å²) in [5, 5.41) is 9.27. The summed E-state index contributed by atoms with van der Waals surface area (Å²) in [6.07, 6.45) is -5.24. The molecule has 0 saturated carbocycles. The van der Waals surface area contributed by atoms with Gasteiger partial charge in [0, 0.05) is 0 Å². The van der Waals surface area contributed by atoms with Crippen molar-refractivity contribution in [1.82, 2.24) is 0 Å². The van der Waals surface area contributed by atoms with Crippen molar-refractivity contribution in [3.63, 3.8) is 0 Å². The van der Waals surface area contributed by atoms with Crippen molar-refractivity contribution in [3.05, 3.63) is 12.7 Å². The second-order valence-corrected chi connectivity index (χ2v) is 3.04. The molecule has 1 atom stereocenters. The van der Waals surface area contributed by atoms with Crippen molar-refractivity contribution in [2.75, 3.05) is 0 Å². The standard InChI is InChI=1S/C9H15F3O/c1-4-7(13)8(5-2,6-3)9(10,11)12/h4,7,13H,1,5-6H2,2-3H3. The summed E-state index contributed by atoms with van der Waals surface area (Å²) in [6.45, 7) is 6.03. The Morgan fingerprint density at radius 1 is 1.31 bits per heavy atom. The smallest absolute Gasteiger partial charge is 0.388 e. The van der Waals surface area contributed by atoms with Gasteiger partial charge in [-0.3, -0.25) is 0 Å². The van der Waals surface area contributed by atoms with Crippen LogP contribution in [0.2, 0.25) is 0 Å². The first-order chi connectivity index (χ1) is 5.85. The fourth-order valence-electron chi connectivity index (χ4n) is 1.46. The molecule has 0 spiro atoms. The minimum atomic E-state index is -4.38. The summed E-state index contributed by atoms with van der Waals surface area (Å²) in [4.78, 5) is 0. The molecule has 0 saturated heterocycles. The Kier molecular flexibility index (Phi) is 3.97. The van der Waals surface area contributed by atoms with Crippen LogP contribution in [0.15, 0.2) is 12.7 Å². The molecule has 1 unspecified atom stereocenters. The van der Waals surface area contributed by atoms with E-state index in [9.17, 15) is 18.3 Å². The summed E-state index contributed by atoms with van der Waals surface area (Å²) in [6, 6.07) is 0. The number of aliphatic hydroxyl groups excluding tert-OH is 1. The third-order valence-electron chi connectivity index (χ3n) is 2.62. The highest BCUT2D eigenvalue weighted by atomic mass is 19.4. The fraction of sp³-hybridized carbons (Fsp3) is 0.778. The molecule has 0 aliphatic rings. The summed E-state index contributed by atoms with van der Waals surface area (Å²) in [7, 11) is 0. The largest absolute Gasteiger partial charge is 0.397 e. The number of halogens is 3. The molecule has 0 heterocycles. The number of hydrogen-bond acceptors (Lipinski definition) is 1. The molecule has 0 aromatic carbocycles. The van der Waals surface area contributed by atoms with Crippen LogP contribution in [0, 0.1) is 5.41 Å². The zero-order valence-corrected chi connectivity index (χ0v) is 7.86. The lowest BCUT2D eigenvalue weighted by atomic mass is 9.76. The number of hydrogen-bond donors (Lipinski definition) is 1. The van der Waals surface area contributed by atoms with Crippen molar-refractivity contribution in [3.8, 4) is 0 Å².